The summed E-state index contributed by atoms with van der Waals surface area (Å²) in [7, 11) is 0. The molecule has 0 saturated carbocycles. The van der Waals surface area contributed by atoms with Crippen LogP contribution in [-0.4, -0.2) is 20.8 Å². The molecule has 0 spiro atoms. The summed E-state index contributed by atoms with van der Waals surface area (Å²) in [4.78, 5) is 16.0. The molecule has 0 radical (unpaired) electrons. The van der Waals surface area contributed by atoms with E-state index in [9.17, 15) is 13.6 Å². The van der Waals surface area contributed by atoms with Crippen molar-refractivity contribution in [3.63, 3.8) is 0 Å². The van der Waals surface area contributed by atoms with E-state index in [2.05, 4.69) is 20.7 Å². The summed E-state index contributed by atoms with van der Waals surface area (Å²) >= 11 is 0. The molecule has 3 aromatic rings. The Bertz CT molecular complexity index is 879. The average Bonchev–Trinajstić information content (AvgIpc) is 2.92. The minimum Gasteiger partial charge on any atom is -0.308 e. The third-order valence-electron chi connectivity index (χ3n) is 3.16. The Hall–Kier alpha value is -3.29. The number of aromatic nitrogens is 3. The highest BCUT2D eigenvalue weighted by Gasteiger charge is 2.12. The van der Waals surface area contributed by atoms with Gasteiger partial charge in [-0.05, 0) is 31.2 Å². The quantitative estimate of drug-likeness (QED) is 0.772. The molecule has 0 aliphatic rings. The van der Waals surface area contributed by atoms with Crippen LogP contribution in [0, 0.1) is 18.6 Å². The minimum atomic E-state index is -1.04. The van der Waals surface area contributed by atoms with Gasteiger partial charge in [-0.1, -0.05) is 0 Å². The maximum absolute atomic E-state index is 13.2. The fraction of sp³-hybridized carbons (Fsp3) is 0.0625. The molecule has 122 valence electrons. The Morgan fingerprint density at radius 1 is 1.04 bits per heavy atom. The number of rotatable bonds is 3. The number of carbonyl (C=O) groups excluding carboxylic acids is 1. The SMILES string of the molecule is Cc1cc(NC(=O)Nc2ccc(F)c(F)c2)n(-c2ccncc2)n1. The van der Waals surface area contributed by atoms with E-state index in [0.717, 1.165) is 17.8 Å². The molecule has 0 fully saturated rings. The molecule has 6 nitrogen and oxygen atoms in total. The fourth-order valence-electron chi connectivity index (χ4n) is 2.12. The van der Waals surface area contributed by atoms with E-state index in [1.807, 2.05) is 0 Å². The molecule has 2 N–H and O–H groups in total. The number of hydrogen-bond donors (Lipinski definition) is 2. The summed E-state index contributed by atoms with van der Waals surface area (Å²) in [6.45, 7) is 1.79. The van der Waals surface area contributed by atoms with Crippen LogP contribution in [0.3, 0.4) is 0 Å². The highest BCUT2D eigenvalue weighted by Crippen LogP contribution is 2.18. The van der Waals surface area contributed by atoms with Gasteiger partial charge in [0.05, 0.1) is 11.4 Å². The summed E-state index contributed by atoms with van der Waals surface area (Å²) in [6, 6.07) is 7.68. The van der Waals surface area contributed by atoms with Crippen LogP contribution >= 0.6 is 0 Å². The van der Waals surface area contributed by atoms with Crippen LogP contribution in [0.15, 0.2) is 48.8 Å². The van der Waals surface area contributed by atoms with E-state index in [0.29, 0.717) is 11.5 Å². The van der Waals surface area contributed by atoms with E-state index in [1.54, 1.807) is 42.2 Å². The number of benzene rings is 1. The van der Waals surface area contributed by atoms with Crippen LogP contribution in [0.2, 0.25) is 0 Å². The van der Waals surface area contributed by atoms with Crippen LogP contribution < -0.4 is 10.6 Å². The molecule has 2 amide bonds. The van der Waals surface area contributed by atoms with E-state index >= 15 is 0 Å². The molecule has 0 aliphatic heterocycles. The van der Waals surface area contributed by atoms with Gasteiger partial charge in [-0.3, -0.25) is 10.3 Å². The van der Waals surface area contributed by atoms with Gasteiger partial charge >= 0.3 is 6.03 Å². The molecule has 24 heavy (non-hydrogen) atoms. The highest BCUT2D eigenvalue weighted by molar-refractivity contribution is 5.99. The molecule has 0 saturated heterocycles. The van der Waals surface area contributed by atoms with Crippen molar-refractivity contribution >= 4 is 17.5 Å². The lowest BCUT2D eigenvalue weighted by Gasteiger charge is -2.10. The largest absolute Gasteiger partial charge is 0.324 e. The predicted octanol–water partition coefficient (Wildman–Crippen LogP) is 3.50. The summed E-state index contributed by atoms with van der Waals surface area (Å²) in [5, 5.41) is 9.37. The number of aryl methyl sites for hydroxylation is 1. The molecule has 8 heteroatoms. The first-order valence-corrected chi connectivity index (χ1v) is 7.03. The minimum absolute atomic E-state index is 0.137. The number of carbonyl (C=O) groups is 1. The van der Waals surface area contributed by atoms with Crippen molar-refractivity contribution in [2.24, 2.45) is 0 Å². The summed E-state index contributed by atoms with van der Waals surface area (Å²) in [5.41, 5.74) is 1.56. The van der Waals surface area contributed by atoms with Crippen LogP contribution in [0.4, 0.5) is 25.1 Å². The lowest BCUT2D eigenvalue weighted by molar-refractivity contribution is 0.262. The van der Waals surface area contributed by atoms with Crippen molar-refractivity contribution in [3.05, 3.63) is 66.1 Å². The van der Waals surface area contributed by atoms with Crippen LogP contribution in [-0.2, 0) is 0 Å². The molecule has 0 bridgehead atoms. The second kappa shape index (κ2) is 6.45. The van der Waals surface area contributed by atoms with Crippen molar-refractivity contribution in [1.82, 2.24) is 14.8 Å². The zero-order valence-corrected chi connectivity index (χ0v) is 12.6. The van der Waals surface area contributed by atoms with Gasteiger partial charge in [-0.2, -0.15) is 5.10 Å². The second-order valence-electron chi connectivity index (χ2n) is 5.00. The molecule has 2 aromatic heterocycles. The van der Waals surface area contributed by atoms with Crippen molar-refractivity contribution in [2.45, 2.75) is 6.92 Å². The average molecular weight is 329 g/mol. The number of hydrogen-bond acceptors (Lipinski definition) is 3. The predicted molar refractivity (Wildman–Crippen MR) is 85.1 cm³/mol. The van der Waals surface area contributed by atoms with Gasteiger partial charge in [-0.25, -0.2) is 18.3 Å². The maximum Gasteiger partial charge on any atom is 0.324 e. The first-order chi connectivity index (χ1) is 11.5. The summed E-state index contributed by atoms with van der Waals surface area (Å²) in [5.74, 6) is -1.59. The van der Waals surface area contributed by atoms with E-state index < -0.39 is 17.7 Å². The smallest absolute Gasteiger partial charge is 0.308 e. The Morgan fingerprint density at radius 3 is 2.50 bits per heavy atom. The number of halogens is 2. The van der Waals surface area contributed by atoms with Gasteiger partial charge < -0.3 is 5.32 Å². The fourth-order valence-corrected chi connectivity index (χ4v) is 2.12. The highest BCUT2D eigenvalue weighted by atomic mass is 19.2. The monoisotopic (exact) mass is 329 g/mol. The number of nitrogens with zero attached hydrogens (tertiary/aromatic N) is 3. The molecule has 0 atom stereocenters. The number of urea groups is 1. The second-order valence-corrected chi connectivity index (χ2v) is 5.00. The van der Waals surface area contributed by atoms with E-state index in [1.165, 1.54) is 6.07 Å². The molecule has 2 heterocycles. The zero-order valence-electron chi connectivity index (χ0n) is 12.6. The first kappa shape index (κ1) is 15.6. The normalized spacial score (nSPS) is 10.5. The lowest BCUT2D eigenvalue weighted by atomic mass is 10.3. The molecule has 1 aromatic carbocycles. The van der Waals surface area contributed by atoms with E-state index in [-0.39, 0.29) is 5.69 Å². The number of pyridine rings is 1. The van der Waals surface area contributed by atoms with Gasteiger partial charge in [0.1, 0.15) is 5.82 Å². The van der Waals surface area contributed by atoms with Gasteiger partial charge in [-0.15, -0.1) is 0 Å². The van der Waals surface area contributed by atoms with E-state index in [4.69, 9.17) is 0 Å². The molecular weight excluding hydrogens is 316 g/mol. The zero-order chi connectivity index (χ0) is 17.1. The number of anilines is 2. The van der Waals surface area contributed by atoms with Gasteiger partial charge in [0.15, 0.2) is 11.6 Å². The van der Waals surface area contributed by atoms with Crippen molar-refractivity contribution in [2.75, 3.05) is 10.6 Å². The third-order valence-corrected chi connectivity index (χ3v) is 3.16. The van der Waals surface area contributed by atoms with Gasteiger partial charge in [0.2, 0.25) is 0 Å². The topological polar surface area (TPSA) is 71.8 Å². The van der Waals surface area contributed by atoms with Crippen molar-refractivity contribution < 1.29 is 13.6 Å². The standard InChI is InChI=1S/C16H13F2N5O/c1-10-8-15(23(22-10)12-4-6-19-7-5-12)21-16(24)20-11-2-3-13(17)14(18)9-11/h2-9H,1H3,(H2,20,21,24). The van der Waals surface area contributed by atoms with Gasteiger partial charge in [0.25, 0.3) is 0 Å². The van der Waals surface area contributed by atoms with Crippen LogP contribution in [0.1, 0.15) is 5.69 Å². The van der Waals surface area contributed by atoms with Crippen LogP contribution in [0.25, 0.3) is 5.69 Å². The Morgan fingerprint density at radius 2 is 1.79 bits per heavy atom. The Kier molecular flexibility index (Phi) is 4.19. The summed E-state index contributed by atoms with van der Waals surface area (Å²) in [6.07, 6.45) is 3.22. The number of nitrogens with one attached hydrogen (secondary N) is 2. The van der Waals surface area contributed by atoms with Crippen molar-refractivity contribution in [3.8, 4) is 5.69 Å². The molecular formula is C16H13F2N5O. The summed E-state index contributed by atoms with van der Waals surface area (Å²) < 4.78 is 27.6. The van der Waals surface area contributed by atoms with Crippen LogP contribution in [0.5, 0.6) is 0 Å². The Balaban J connectivity index is 1.78. The molecule has 0 aliphatic carbocycles. The Labute approximate surface area is 136 Å². The lowest BCUT2D eigenvalue weighted by Crippen LogP contribution is -2.21. The third kappa shape index (κ3) is 3.37. The van der Waals surface area contributed by atoms with Gasteiger partial charge in [0, 0.05) is 30.2 Å². The number of amides is 2. The maximum atomic E-state index is 13.2. The molecule has 0 unspecified atom stereocenters. The molecule has 3 rings (SSSR count). The van der Waals surface area contributed by atoms with Crippen molar-refractivity contribution in [1.29, 1.82) is 0 Å². The first-order valence-electron chi connectivity index (χ1n) is 7.03.